The number of benzene rings is 4. The van der Waals surface area contributed by atoms with Crippen LogP contribution in [0.2, 0.25) is 10.0 Å². The highest BCUT2D eigenvalue weighted by Gasteiger charge is 2.32. The molecule has 8 rings (SSSR count). The molecule has 2 aliphatic rings. The molecule has 6 aromatic rings. The van der Waals surface area contributed by atoms with Gasteiger partial charge in [0, 0.05) is 42.5 Å². The molecule has 0 N–H and O–H groups in total. The molecule has 2 aromatic heterocycles. The van der Waals surface area contributed by atoms with E-state index in [9.17, 15) is 14.9 Å². The highest BCUT2D eigenvalue weighted by molar-refractivity contribution is 6.32. The van der Waals surface area contributed by atoms with E-state index in [0.717, 1.165) is 47.9 Å². The molecule has 2 atom stereocenters. The van der Waals surface area contributed by atoms with Crippen molar-refractivity contribution in [3.63, 3.8) is 0 Å². The van der Waals surface area contributed by atoms with E-state index in [-0.39, 0.29) is 36.5 Å². The molecule has 0 saturated heterocycles. The number of fused-ring (bicyclic) bond motifs is 2. The van der Waals surface area contributed by atoms with Crippen LogP contribution in [0, 0.1) is 17.9 Å². The Morgan fingerprint density at radius 1 is 0.707 bits per heavy atom. The minimum absolute atomic E-state index is 0.0987. The number of aromatic nitrogens is 2. The molecule has 0 spiro atoms. The smallest absolute Gasteiger partial charge is 0.205 e. The van der Waals surface area contributed by atoms with Crippen LogP contribution in [-0.2, 0) is 26.1 Å². The first kappa shape index (κ1) is 38.2. The number of rotatable bonds is 13. The van der Waals surface area contributed by atoms with E-state index in [0.29, 0.717) is 68.0 Å². The second-order valence-electron chi connectivity index (χ2n) is 13.8. The standard InChI is InChI=1S/C46H32Cl2N4O6/c1-50-32-13-29(21-52-22-32)26-56-44-17-46(40(48)15-31(44)24-54)58-42-11-9-36-34(5-3-7-38(36)42)33-4-2-6-37-35(33)8-10-41(37)57-45-16-43(30(23-53)14-39(45)47)55-25-28-12-27(18-49)19-51-20-28/h2-7,12-17,19-24,41-42H,8-11,25-26H2/t41-,42-/m0/s1. The zero-order valence-corrected chi connectivity index (χ0v) is 32.3. The summed E-state index contributed by atoms with van der Waals surface area (Å²) in [5.74, 6) is 1.43. The molecule has 0 unspecified atom stereocenters. The molecule has 12 heteroatoms. The molecule has 2 aliphatic carbocycles. The van der Waals surface area contributed by atoms with Gasteiger partial charge < -0.3 is 18.9 Å². The largest absolute Gasteiger partial charge is 0.488 e. The minimum Gasteiger partial charge on any atom is -0.488 e. The molecule has 0 saturated carbocycles. The molecule has 0 aliphatic heterocycles. The Morgan fingerprint density at radius 3 is 1.72 bits per heavy atom. The highest BCUT2D eigenvalue weighted by atomic mass is 35.5. The van der Waals surface area contributed by atoms with Crippen molar-refractivity contribution >= 4 is 41.5 Å². The van der Waals surface area contributed by atoms with Gasteiger partial charge in [-0.25, -0.2) is 4.85 Å². The van der Waals surface area contributed by atoms with Crippen LogP contribution < -0.4 is 18.9 Å². The van der Waals surface area contributed by atoms with E-state index in [1.807, 2.05) is 12.1 Å². The fourth-order valence-corrected chi connectivity index (χ4v) is 8.00. The summed E-state index contributed by atoms with van der Waals surface area (Å²) in [4.78, 5) is 35.5. The summed E-state index contributed by atoms with van der Waals surface area (Å²) in [5.41, 5.74) is 9.51. The highest BCUT2D eigenvalue weighted by Crippen LogP contribution is 2.47. The number of hydrogen-bond donors (Lipinski definition) is 0. The maximum atomic E-state index is 11.9. The van der Waals surface area contributed by atoms with Gasteiger partial charge in [0.25, 0.3) is 0 Å². The number of aldehydes is 2. The number of ether oxygens (including phenoxy) is 4. The third-order valence-electron chi connectivity index (χ3n) is 10.3. The van der Waals surface area contributed by atoms with Crippen LogP contribution in [0.15, 0.2) is 97.6 Å². The van der Waals surface area contributed by atoms with Gasteiger partial charge in [0.1, 0.15) is 54.5 Å². The van der Waals surface area contributed by atoms with Crippen LogP contribution >= 0.6 is 23.2 Å². The lowest BCUT2D eigenvalue weighted by atomic mass is 9.91. The fraction of sp³-hybridized carbons (Fsp3) is 0.174. The van der Waals surface area contributed by atoms with Gasteiger partial charge in [-0.2, -0.15) is 5.26 Å². The Bertz CT molecular complexity index is 2490. The van der Waals surface area contributed by atoms with Gasteiger partial charge in [0.15, 0.2) is 12.6 Å². The Balaban J connectivity index is 1.01. The topological polar surface area (TPSA) is 125 Å². The molecule has 0 fully saturated rings. The predicted molar refractivity (Wildman–Crippen MR) is 217 cm³/mol. The maximum Gasteiger partial charge on any atom is 0.205 e. The van der Waals surface area contributed by atoms with Gasteiger partial charge in [-0.3, -0.25) is 19.6 Å². The van der Waals surface area contributed by atoms with Crippen LogP contribution in [0.4, 0.5) is 5.69 Å². The lowest BCUT2D eigenvalue weighted by molar-refractivity contribution is 0.111. The third-order valence-corrected chi connectivity index (χ3v) is 10.9. The minimum atomic E-state index is -0.285. The summed E-state index contributed by atoms with van der Waals surface area (Å²) in [6.45, 7) is 7.46. The first-order chi connectivity index (χ1) is 28.3. The van der Waals surface area contributed by atoms with E-state index in [1.165, 1.54) is 35.7 Å². The molecule has 0 bridgehead atoms. The van der Waals surface area contributed by atoms with Crippen molar-refractivity contribution in [1.82, 2.24) is 9.97 Å². The summed E-state index contributed by atoms with van der Waals surface area (Å²) in [7, 11) is 0. The molecular weight excluding hydrogens is 775 g/mol. The number of nitriles is 1. The Kier molecular flexibility index (Phi) is 11.0. The van der Waals surface area contributed by atoms with Crippen molar-refractivity contribution in [3.8, 4) is 40.2 Å². The SMILES string of the molecule is [C-]#[N+]c1cncc(COc2cc(O[C@H]3CCc4c(-c5cccc6c5CC[C@@H]6Oc5cc(OCc6cncc(C#N)c6)c(C=O)cc5Cl)cccc43)c(Cl)cc2C=O)c1. The van der Waals surface area contributed by atoms with Gasteiger partial charge in [-0.05, 0) is 88.9 Å². The van der Waals surface area contributed by atoms with E-state index in [4.69, 9.17) is 48.7 Å². The van der Waals surface area contributed by atoms with Crippen molar-refractivity contribution in [3.05, 3.63) is 169 Å². The van der Waals surface area contributed by atoms with Crippen LogP contribution in [0.25, 0.3) is 16.0 Å². The average Bonchev–Trinajstić information content (AvgIpc) is 3.87. The molecule has 0 radical (unpaired) electrons. The summed E-state index contributed by atoms with van der Waals surface area (Å²) in [6, 6.07) is 24.3. The number of pyridine rings is 2. The van der Waals surface area contributed by atoms with Gasteiger partial charge in [-0.15, -0.1) is 0 Å². The molecule has 4 aromatic carbocycles. The van der Waals surface area contributed by atoms with Crippen molar-refractivity contribution < 1.29 is 28.5 Å². The zero-order chi connectivity index (χ0) is 40.2. The molecular formula is C46H32Cl2N4O6. The predicted octanol–water partition coefficient (Wildman–Crippen LogP) is 10.8. The van der Waals surface area contributed by atoms with Crippen molar-refractivity contribution in [1.29, 1.82) is 5.26 Å². The number of nitrogens with zero attached hydrogens (tertiary/aromatic N) is 4. The molecule has 58 heavy (non-hydrogen) atoms. The summed E-state index contributed by atoms with van der Waals surface area (Å²) in [5, 5.41) is 9.82. The lowest BCUT2D eigenvalue weighted by Crippen LogP contribution is -2.06. The Labute approximate surface area is 344 Å². The summed E-state index contributed by atoms with van der Waals surface area (Å²) >= 11 is 13.3. The van der Waals surface area contributed by atoms with Crippen LogP contribution in [0.5, 0.6) is 23.0 Å². The molecule has 0 amide bonds. The summed E-state index contributed by atoms with van der Waals surface area (Å²) < 4.78 is 25.1. The fourth-order valence-electron chi connectivity index (χ4n) is 7.57. The normalized spacial score (nSPS) is 15.0. The van der Waals surface area contributed by atoms with Crippen LogP contribution in [0.1, 0.15) is 84.7 Å². The zero-order valence-electron chi connectivity index (χ0n) is 30.8. The number of halogens is 2. The number of carbonyl (C=O) groups is 2. The van der Waals surface area contributed by atoms with Crippen LogP contribution in [-0.4, -0.2) is 22.5 Å². The van der Waals surface area contributed by atoms with Crippen LogP contribution in [0.3, 0.4) is 0 Å². The Morgan fingerprint density at radius 2 is 1.22 bits per heavy atom. The quantitative estimate of drug-likeness (QED) is 0.0828. The first-order valence-electron chi connectivity index (χ1n) is 18.4. The Hall–Kier alpha value is -6.72. The van der Waals surface area contributed by atoms with E-state index >= 15 is 0 Å². The third kappa shape index (κ3) is 7.81. The van der Waals surface area contributed by atoms with Gasteiger partial charge >= 0.3 is 0 Å². The van der Waals surface area contributed by atoms with E-state index in [1.54, 1.807) is 36.7 Å². The number of carbonyl (C=O) groups excluding carboxylic acids is 2. The van der Waals surface area contributed by atoms with Crippen molar-refractivity contribution in [2.45, 2.75) is 51.1 Å². The monoisotopic (exact) mass is 806 g/mol. The van der Waals surface area contributed by atoms with Crippen molar-refractivity contribution in [2.24, 2.45) is 0 Å². The maximum absolute atomic E-state index is 11.9. The second kappa shape index (κ2) is 16.8. The van der Waals surface area contributed by atoms with Crippen molar-refractivity contribution in [2.75, 3.05) is 0 Å². The average molecular weight is 808 g/mol. The van der Waals surface area contributed by atoms with Gasteiger partial charge in [0.2, 0.25) is 5.69 Å². The van der Waals surface area contributed by atoms with Gasteiger partial charge in [-0.1, -0.05) is 59.6 Å². The number of hydrogen-bond acceptors (Lipinski definition) is 9. The lowest BCUT2D eigenvalue weighted by Gasteiger charge is -2.20. The second-order valence-corrected chi connectivity index (χ2v) is 14.7. The molecule has 10 nitrogen and oxygen atoms in total. The molecule has 286 valence electrons. The van der Waals surface area contributed by atoms with Gasteiger partial charge in [0.05, 0.1) is 33.3 Å². The van der Waals surface area contributed by atoms with E-state index in [2.05, 4.69) is 45.1 Å². The first-order valence-corrected chi connectivity index (χ1v) is 19.2. The van der Waals surface area contributed by atoms with E-state index < -0.39 is 0 Å². The molecule has 2 heterocycles. The summed E-state index contributed by atoms with van der Waals surface area (Å²) in [6.07, 6.45) is 9.99.